The number of fused-ring (bicyclic) bond motifs is 1. The van der Waals surface area contributed by atoms with E-state index in [0.29, 0.717) is 18.9 Å². The van der Waals surface area contributed by atoms with Crippen LogP contribution in [0.15, 0.2) is 0 Å². The Morgan fingerprint density at radius 3 is 3.00 bits per heavy atom. The Kier molecular flexibility index (Phi) is 2.34. The normalized spacial score (nSPS) is 33.2. The molecule has 2 unspecified atom stereocenters. The Bertz CT molecular complexity index is 227. The average molecular weight is 181 g/mol. The molecule has 2 saturated heterocycles. The molecule has 3 nitrogen and oxygen atoms in total. The molecule has 0 aliphatic carbocycles. The maximum Gasteiger partial charge on any atom is 0.223 e. The maximum atomic E-state index is 11.5. The van der Waals surface area contributed by atoms with Gasteiger partial charge in [0.1, 0.15) is 6.29 Å². The molecule has 13 heavy (non-hydrogen) atoms. The quantitative estimate of drug-likeness (QED) is 0.599. The third-order valence-corrected chi connectivity index (χ3v) is 3.21. The van der Waals surface area contributed by atoms with Gasteiger partial charge < -0.3 is 9.69 Å². The third-order valence-electron chi connectivity index (χ3n) is 3.21. The first-order chi connectivity index (χ1) is 6.33. The van der Waals surface area contributed by atoms with Crippen LogP contribution >= 0.6 is 0 Å². The molecule has 0 aromatic carbocycles. The summed E-state index contributed by atoms with van der Waals surface area (Å²) < 4.78 is 0. The van der Waals surface area contributed by atoms with Crippen molar-refractivity contribution in [3.63, 3.8) is 0 Å². The summed E-state index contributed by atoms with van der Waals surface area (Å²) in [5.41, 5.74) is 0. The number of hydrogen-bond acceptors (Lipinski definition) is 2. The minimum absolute atomic E-state index is 0.214. The summed E-state index contributed by atoms with van der Waals surface area (Å²) in [7, 11) is 0. The van der Waals surface area contributed by atoms with Gasteiger partial charge in [-0.2, -0.15) is 0 Å². The average Bonchev–Trinajstić information content (AvgIpc) is 2.50. The van der Waals surface area contributed by atoms with E-state index in [1.807, 2.05) is 4.90 Å². The van der Waals surface area contributed by atoms with Gasteiger partial charge in [0.05, 0.1) is 0 Å². The van der Waals surface area contributed by atoms with Gasteiger partial charge in [0, 0.05) is 24.9 Å². The van der Waals surface area contributed by atoms with E-state index in [9.17, 15) is 9.59 Å². The Morgan fingerprint density at radius 2 is 2.23 bits per heavy atom. The Labute approximate surface area is 78.1 Å². The predicted molar refractivity (Wildman–Crippen MR) is 48.2 cm³/mol. The van der Waals surface area contributed by atoms with E-state index in [-0.39, 0.29) is 11.9 Å². The van der Waals surface area contributed by atoms with Gasteiger partial charge in [0.25, 0.3) is 0 Å². The van der Waals surface area contributed by atoms with Gasteiger partial charge in [-0.3, -0.25) is 4.79 Å². The van der Waals surface area contributed by atoms with Crippen LogP contribution < -0.4 is 0 Å². The summed E-state index contributed by atoms with van der Waals surface area (Å²) >= 11 is 0. The topological polar surface area (TPSA) is 37.4 Å². The zero-order valence-electron chi connectivity index (χ0n) is 7.74. The van der Waals surface area contributed by atoms with E-state index in [0.717, 1.165) is 25.5 Å². The standard InChI is InChI=1S/C10H15NO2/c12-7-6-9-3-1-2-8-4-5-10(13)11(8)9/h7-9H,1-6H2. The molecule has 0 N–H and O–H groups in total. The number of amides is 1. The molecule has 0 radical (unpaired) electrons. The summed E-state index contributed by atoms with van der Waals surface area (Å²) in [4.78, 5) is 23.9. The van der Waals surface area contributed by atoms with E-state index in [1.165, 1.54) is 6.42 Å². The van der Waals surface area contributed by atoms with Crippen molar-refractivity contribution < 1.29 is 9.59 Å². The van der Waals surface area contributed by atoms with Crippen molar-refractivity contribution in [2.75, 3.05) is 0 Å². The molecule has 0 spiro atoms. The molecule has 3 heteroatoms. The fraction of sp³-hybridized carbons (Fsp3) is 0.800. The molecule has 0 aromatic heterocycles. The lowest BCUT2D eigenvalue weighted by Gasteiger charge is -2.37. The Balaban J connectivity index is 2.09. The van der Waals surface area contributed by atoms with Crippen molar-refractivity contribution in [3.8, 4) is 0 Å². The highest BCUT2D eigenvalue weighted by atomic mass is 16.2. The summed E-state index contributed by atoms with van der Waals surface area (Å²) in [6, 6.07) is 0.664. The van der Waals surface area contributed by atoms with Gasteiger partial charge in [-0.15, -0.1) is 0 Å². The monoisotopic (exact) mass is 181 g/mol. The summed E-state index contributed by atoms with van der Waals surface area (Å²) in [5.74, 6) is 0.261. The number of piperidine rings is 1. The van der Waals surface area contributed by atoms with E-state index >= 15 is 0 Å². The second-order valence-electron chi connectivity index (χ2n) is 3.98. The lowest BCUT2D eigenvalue weighted by molar-refractivity contribution is -0.133. The van der Waals surface area contributed by atoms with E-state index in [4.69, 9.17) is 0 Å². The van der Waals surface area contributed by atoms with Crippen LogP contribution in [0.1, 0.15) is 38.5 Å². The zero-order chi connectivity index (χ0) is 9.26. The minimum Gasteiger partial charge on any atom is -0.336 e. The van der Waals surface area contributed by atoms with Crippen LogP contribution in [0.3, 0.4) is 0 Å². The second-order valence-corrected chi connectivity index (χ2v) is 3.98. The van der Waals surface area contributed by atoms with Gasteiger partial charge in [0.15, 0.2) is 0 Å². The molecule has 0 aromatic rings. The fourth-order valence-electron chi connectivity index (χ4n) is 2.62. The van der Waals surface area contributed by atoms with Crippen LogP contribution in [-0.4, -0.2) is 29.2 Å². The van der Waals surface area contributed by atoms with E-state index in [1.54, 1.807) is 0 Å². The van der Waals surface area contributed by atoms with Crippen molar-refractivity contribution in [2.45, 2.75) is 50.6 Å². The highest BCUT2D eigenvalue weighted by molar-refractivity contribution is 5.79. The second kappa shape index (κ2) is 3.48. The first-order valence-corrected chi connectivity index (χ1v) is 5.07. The fourth-order valence-corrected chi connectivity index (χ4v) is 2.62. The number of hydrogen-bond donors (Lipinski definition) is 0. The van der Waals surface area contributed by atoms with Crippen molar-refractivity contribution in [3.05, 3.63) is 0 Å². The van der Waals surface area contributed by atoms with Crippen molar-refractivity contribution in [1.82, 2.24) is 4.90 Å². The molecule has 2 aliphatic rings. The first kappa shape index (κ1) is 8.73. The molecule has 2 rings (SSSR count). The van der Waals surface area contributed by atoms with Crippen LogP contribution in [0.4, 0.5) is 0 Å². The van der Waals surface area contributed by atoms with Gasteiger partial charge in [-0.25, -0.2) is 0 Å². The molecule has 72 valence electrons. The van der Waals surface area contributed by atoms with Crippen molar-refractivity contribution >= 4 is 12.2 Å². The van der Waals surface area contributed by atoms with Crippen LogP contribution in [0.25, 0.3) is 0 Å². The molecule has 2 atom stereocenters. The SMILES string of the molecule is O=CCC1CCCC2CCC(=O)N12. The minimum atomic E-state index is 0.214. The molecule has 2 aliphatic heterocycles. The lowest BCUT2D eigenvalue weighted by Crippen LogP contribution is -2.45. The summed E-state index contributed by atoms with van der Waals surface area (Å²) in [6.45, 7) is 0. The predicted octanol–water partition coefficient (Wildman–Crippen LogP) is 1.12. The highest BCUT2D eigenvalue weighted by Crippen LogP contribution is 2.32. The van der Waals surface area contributed by atoms with Gasteiger partial charge in [-0.05, 0) is 25.7 Å². The Hall–Kier alpha value is -0.860. The van der Waals surface area contributed by atoms with Crippen LogP contribution in [0.5, 0.6) is 0 Å². The molecule has 0 saturated carbocycles. The molecule has 1 amide bonds. The maximum absolute atomic E-state index is 11.5. The lowest BCUT2D eigenvalue weighted by atomic mass is 9.95. The van der Waals surface area contributed by atoms with E-state index in [2.05, 4.69) is 0 Å². The molecular formula is C10H15NO2. The number of aldehydes is 1. The third kappa shape index (κ3) is 1.47. The number of rotatable bonds is 2. The largest absolute Gasteiger partial charge is 0.336 e. The van der Waals surface area contributed by atoms with Crippen LogP contribution in [0, 0.1) is 0 Å². The van der Waals surface area contributed by atoms with Crippen LogP contribution in [0.2, 0.25) is 0 Å². The number of nitrogens with zero attached hydrogens (tertiary/aromatic N) is 1. The van der Waals surface area contributed by atoms with Crippen molar-refractivity contribution in [1.29, 1.82) is 0 Å². The molecule has 0 bridgehead atoms. The van der Waals surface area contributed by atoms with E-state index < -0.39 is 0 Å². The first-order valence-electron chi connectivity index (χ1n) is 5.07. The number of carbonyl (C=O) groups excluding carboxylic acids is 2. The smallest absolute Gasteiger partial charge is 0.223 e. The Morgan fingerprint density at radius 1 is 1.38 bits per heavy atom. The summed E-state index contributed by atoms with van der Waals surface area (Å²) in [6.07, 6.45) is 6.50. The van der Waals surface area contributed by atoms with Crippen molar-refractivity contribution in [2.24, 2.45) is 0 Å². The van der Waals surface area contributed by atoms with Gasteiger partial charge >= 0.3 is 0 Å². The zero-order valence-corrected chi connectivity index (χ0v) is 7.74. The van der Waals surface area contributed by atoms with Crippen LogP contribution in [-0.2, 0) is 9.59 Å². The molecule has 2 heterocycles. The highest BCUT2D eigenvalue weighted by Gasteiger charge is 2.38. The molecular weight excluding hydrogens is 166 g/mol. The summed E-state index contributed by atoms with van der Waals surface area (Å²) in [5, 5.41) is 0. The van der Waals surface area contributed by atoms with Gasteiger partial charge in [-0.1, -0.05) is 0 Å². The van der Waals surface area contributed by atoms with Gasteiger partial charge in [0.2, 0.25) is 5.91 Å². The number of carbonyl (C=O) groups is 2. The molecule has 2 fully saturated rings.